The van der Waals surface area contributed by atoms with Gasteiger partial charge in [0.1, 0.15) is 0 Å². The molecule has 3 heteroatoms. The van der Waals surface area contributed by atoms with Crippen LogP contribution < -0.4 is 0 Å². The first kappa shape index (κ1) is 17.4. The number of hydrogen-bond donors (Lipinski definition) is 2. The van der Waals surface area contributed by atoms with Crippen molar-refractivity contribution in [3.63, 3.8) is 0 Å². The first-order valence-electron chi connectivity index (χ1n) is 10.6. The van der Waals surface area contributed by atoms with Crippen LogP contribution in [0.4, 0.5) is 0 Å². The molecular weight excluding hydrogens is 396 g/mol. The van der Waals surface area contributed by atoms with Gasteiger partial charge in [-0.3, -0.25) is 0 Å². The van der Waals surface area contributed by atoms with Gasteiger partial charge in [0.05, 0.1) is 6.26 Å². The van der Waals surface area contributed by atoms with E-state index in [2.05, 4.69) is 30.3 Å². The molecule has 2 aliphatic carbocycles. The van der Waals surface area contributed by atoms with Gasteiger partial charge >= 0.3 is 0 Å². The molecule has 2 N–H and O–H groups in total. The summed E-state index contributed by atoms with van der Waals surface area (Å²) in [4.78, 5) is 0. The molecule has 7 rings (SSSR count). The summed E-state index contributed by atoms with van der Waals surface area (Å²) in [6.07, 6.45) is 7.38. The molecule has 0 radical (unpaired) electrons. The van der Waals surface area contributed by atoms with Crippen molar-refractivity contribution in [2.24, 2.45) is 0 Å². The van der Waals surface area contributed by atoms with Gasteiger partial charge in [0.25, 0.3) is 0 Å². The summed E-state index contributed by atoms with van der Waals surface area (Å²) in [6, 6.07) is 24.7. The van der Waals surface area contributed by atoms with Crippen molar-refractivity contribution in [2.45, 2.75) is 5.60 Å². The van der Waals surface area contributed by atoms with Gasteiger partial charge in [0.15, 0.2) is 11.5 Å². The van der Waals surface area contributed by atoms with Crippen molar-refractivity contribution in [3.8, 4) is 0 Å². The number of allylic oxidation sites excluding steroid dienone is 1. The van der Waals surface area contributed by atoms with Crippen molar-refractivity contribution < 1.29 is 14.9 Å². The molecule has 0 saturated carbocycles. The van der Waals surface area contributed by atoms with Crippen LogP contribution in [-0.2, 0) is 10.3 Å². The predicted molar refractivity (Wildman–Crippen MR) is 128 cm³/mol. The Bertz CT molecular complexity index is 1620. The maximum atomic E-state index is 11.4. The molecule has 152 valence electrons. The van der Waals surface area contributed by atoms with Gasteiger partial charge in [0, 0.05) is 11.1 Å². The Morgan fingerprint density at radius 2 is 1.50 bits per heavy atom. The van der Waals surface area contributed by atoms with Crippen LogP contribution >= 0.6 is 0 Å². The number of aliphatic hydroxyl groups excluding tert-OH is 2. The summed E-state index contributed by atoms with van der Waals surface area (Å²) >= 11 is 0. The Balaban J connectivity index is 1.60. The maximum Gasteiger partial charge on any atom is 0.213 e. The topological polar surface area (TPSA) is 49.7 Å². The van der Waals surface area contributed by atoms with Crippen LogP contribution in [0, 0.1) is 0 Å². The number of hydrogen-bond acceptors (Lipinski definition) is 3. The minimum atomic E-state index is -1.31. The van der Waals surface area contributed by atoms with Crippen LogP contribution in [0.15, 0.2) is 102 Å². The molecule has 1 atom stereocenters. The molecule has 1 heterocycles. The second-order valence-electron chi connectivity index (χ2n) is 8.51. The van der Waals surface area contributed by atoms with Crippen LogP contribution in [0.1, 0.15) is 22.3 Å². The van der Waals surface area contributed by atoms with E-state index < -0.39 is 5.60 Å². The SMILES string of the molecule is OC1=C(O)C2(C=C3C1=Cc1ccccc13)OC=Cc1ccc3cc4ccccc4cc3c12. The van der Waals surface area contributed by atoms with Crippen molar-refractivity contribution >= 4 is 39.3 Å². The second kappa shape index (κ2) is 5.92. The van der Waals surface area contributed by atoms with E-state index in [1.54, 1.807) is 6.26 Å². The van der Waals surface area contributed by atoms with Gasteiger partial charge in [-0.1, -0.05) is 60.7 Å². The maximum absolute atomic E-state index is 11.4. The predicted octanol–water partition coefficient (Wildman–Crippen LogP) is 7.01. The van der Waals surface area contributed by atoms with Crippen molar-refractivity contribution in [1.82, 2.24) is 0 Å². The highest BCUT2D eigenvalue weighted by atomic mass is 16.5. The third-order valence-corrected chi connectivity index (χ3v) is 6.81. The fraction of sp³-hybridized carbons (Fsp3) is 0.0345. The first-order valence-corrected chi connectivity index (χ1v) is 10.6. The molecule has 0 aromatic heterocycles. The lowest BCUT2D eigenvalue weighted by Gasteiger charge is -2.38. The van der Waals surface area contributed by atoms with Gasteiger partial charge in [-0.05, 0) is 74.2 Å². The van der Waals surface area contributed by atoms with E-state index in [1.165, 1.54) is 0 Å². The van der Waals surface area contributed by atoms with E-state index in [0.29, 0.717) is 5.57 Å². The van der Waals surface area contributed by atoms with E-state index in [-0.39, 0.29) is 11.5 Å². The van der Waals surface area contributed by atoms with Gasteiger partial charge in [-0.15, -0.1) is 0 Å². The lowest BCUT2D eigenvalue weighted by Crippen LogP contribution is -2.35. The third-order valence-electron chi connectivity index (χ3n) is 6.81. The Labute approximate surface area is 184 Å². The monoisotopic (exact) mass is 414 g/mol. The summed E-state index contributed by atoms with van der Waals surface area (Å²) in [5.74, 6) is -0.329. The zero-order valence-electron chi connectivity index (χ0n) is 17.0. The minimum absolute atomic E-state index is 0.141. The molecule has 3 aliphatic rings. The van der Waals surface area contributed by atoms with Gasteiger partial charge in [-0.2, -0.15) is 0 Å². The third kappa shape index (κ3) is 2.10. The molecule has 1 unspecified atom stereocenters. The molecule has 4 aromatic carbocycles. The van der Waals surface area contributed by atoms with Gasteiger partial charge in [-0.25, -0.2) is 0 Å². The Morgan fingerprint density at radius 3 is 2.38 bits per heavy atom. The van der Waals surface area contributed by atoms with Crippen LogP contribution in [-0.4, -0.2) is 10.2 Å². The lowest BCUT2D eigenvalue weighted by atomic mass is 9.76. The number of benzene rings is 4. The van der Waals surface area contributed by atoms with Crippen molar-refractivity contribution in [2.75, 3.05) is 0 Å². The van der Waals surface area contributed by atoms with E-state index in [9.17, 15) is 10.2 Å². The highest BCUT2D eigenvalue weighted by Gasteiger charge is 2.48. The van der Waals surface area contributed by atoms with Gasteiger partial charge in [0.2, 0.25) is 5.60 Å². The van der Waals surface area contributed by atoms with E-state index >= 15 is 0 Å². The summed E-state index contributed by atoms with van der Waals surface area (Å²) in [7, 11) is 0. The molecule has 32 heavy (non-hydrogen) atoms. The largest absolute Gasteiger partial charge is 0.505 e. The second-order valence-corrected chi connectivity index (χ2v) is 8.51. The van der Waals surface area contributed by atoms with Gasteiger partial charge < -0.3 is 14.9 Å². The van der Waals surface area contributed by atoms with Crippen molar-refractivity contribution in [3.05, 3.63) is 124 Å². The first-order chi connectivity index (χ1) is 15.7. The molecular formula is C29H18O3. The average molecular weight is 414 g/mol. The van der Waals surface area contributed by atoms with Crippen LogP contribution in [0.3, 0.4) is 0 Å². The summed E-state index contributed by atoms with van der Waals surface area (Å²) in [5, 5.41) is 26.8. The standard InChI is InChI=1S/C29H18O3/c30-27-24-15-20-7-3-4-8-22(20)25(24)16-29(28(27)31)26-17(11-12-32-29)9-10-21-13-18-5-1-2-6-19(18)14-23(21)26/h1-16,30-31H. The fourth-order valence-corrected chi connectivity index (χ4v) is 5.31. The van der Waals surface area contributed by atoms with Crippen LogP contribution in [0.25, 0.3) is 39.3 Å². The molecule has 0 amide bonds. The molecule has 3 nitrogen and oxygen atoms in total. The van der Waals surface area contributed by atoms with E-state index in [1.807, 2.05) is 60.7 Å². The minimum Gasteiger partial charge on any atom is -0.505 e. The zero-order chi connectivity index (χ0) is 21.4. The fourth-order valence-electron chi connectivity index (χ4n) is 5.31. The number of fused-ring (bicyclic) bond motifs is 8. The molecule has 0 saturated heterocycles. The summed E-state index contributed by atoms with van der Waals surface area (Å²) < 4.78 is 6.21. The normalized spacial score (nSPS) is 20.6. The molecule has 1 aliphatic heterocycles. The number of aliphatic hydroxyl groups is 2. The molecule has 1 spiro atoms. The average Bonchev–Trinajstić information content (AvgIpc) is 3.20. The highest BCUT2D eigenvalue weighted by molar-refractivity contribution is 6.04. The van der Waals surface area contributed by atoms with Crippen molar-refractivity contribution in [1.29, 1.82) is 0 Å². The number of rotatable bonds is 0. The lowest BCUT2D eigenvalue weighted by molar-refractivity contribution is 0.0493. The molecule has 4 aromatic rings. The Hall–Kier alpha value is -4.24. The Morgan fingerprint density at radius 1 is 0.719 bits per heavy atom. The molecule has 0 fully saturated rings. The highest BCUT2D eigenvalue weighted by Crippen LogP contribution is 2.53. The molecule has 0 bridgehead atoms. The van der Waals surface area contributed by atoms with E-state index in [0.717, 1.165) is 49.4 Å². The van der Waals surface area contributed by atoms with Crippen LogP contribution in [0.5, 0.6) is 0 Å². The Kier molecular flexibility index (Phi) is 3.23. The summed E-state index contributed by atoms with van der Waals surface area (Å²) in [5.41, 5.74) is 4.01. The zero-order valence-corrected chi connectivity index (χ0v) is 17.0. The van der Waals surface area contributed by atoms with E-state index in [4.69, 9.17) is 4.74 Å². The summed E-state index contributed by atoms with van der Waals surface area (Å²) in [6.45, 7) is 0. The smallest absolute Gasteiger partial charge is 0.213 e. The quantitative estimate of drug-likeness (QED) is 0.304. The number of ether oxygens (including phenoxy) is 1. The van der Waals surface area contributed by atoms with Crippen LogP contribution in [0.2, 0.25) is 0 Å².